The lowest BCUT2D eigenvalue weighted by atomic mass is 10.1. The molecule has 0 fully saturated rings. The highest BCUT2D eigenvalue weighted by Crippen LogP contribution is 2.10. The highest BCUT2D eigenvalue weighted by molar-refractivity contribution is 7.98. The van der Waals surface area contributed by atoms with Gasteiger partial charge < -0.3 is 5.32 Å². The van der Waals surface area contributed by atoms with E-state index in [-0.39, 0.29) is 11.8 Å². The summed E-state index contributed by atoms with van der Waals surface area (Å²) >= 11 is 2.86. The summed E-state index contributed by atoms with van der Waals surface area (Å²) in [6.45, 7) is 0. The van der Waals surface area contributed by atoms with Crippen molar-refractivity contribution in [2.75, 3.05) is 17.3 Å². The highest BCUT2D eigenvalue weighted by Gasteiger charge is 2.21. The number of rotatable bonds is 7. The van der Waals surface area contributed by atoms with E-state index in [1.54, 1.807) is 36.0 Å². The lowest BCUT2D eigenvalue weighted by molar-refractivity contribution is -0.118. The molecular weight excluding hydrogens is 320 g/mol. The minimum atomic E-state index is -0.607. The Morgan fingerprint density at radius 1 is 1.32 bits per heavy atom. The Morgan fingerprint density at radius 3 is 2.73 bits per heavy atom. The average Bonchev–Trinajstić information content (AvgIpc) is 3.04. The zero-order valence-electron chi connectivity index (χ0n) is 12.0. The second kappa shape index (κ2) is 8.50. The standard InChI is InChI=1S/C14H16N4O2S2/c1-21-8-7-11(13(20)17-14-18-15-9-22-14)16-12(19)10-5-3-2-4-6-10/h2-6,9,11H,7-8H2,1H3,(H,16,19)(H,17,18,20). The Labute approximate surface area is 136 Å². The number of hydrogen-bond acceptors (Lipinski definition) is 6. The molecule has 1 atom stereocenters. The molecule has 8 heteroatoms. The van der Waals surface area contributed by atoms with Gasteiger partial charge in [0.05, 0.1) is 0 Å². The molecule has 0 aliphatic carbocycles. The number of aromatic nitrogens is 2. The van der Waals surface area contributed by atoms with Crippen LogP contribution in [0.15, 0.2) is 35.8 Å². The number of carbonyl (C=O) groups is 2. The third-order valence-electron chi connectivity index (χ3n) is 2.86. The van der Waals surface area contributed by atoms with Gasteiger partial charge in [0.1, 0.15) is 11.6 Å². The second-order valence-electron chi connectivity index (χ2n) is 4.41. The van der Waals surface area contributed by atoms with Crippen molar-refractivity contribution in [3.63, 3.8) is 0 Å². The zero-order valence-corrected chi connectivity index (χ0v) is 13.6. The summed E-state index contributed by atoms with van der Waals surface area (Å²) in [7, 11) is 0. The Kier molecular flexibility index (Phi) is 6.35. The maximum Gasteiger partial charge on any atom is 0.251 e. The molecule has 0 aliphatic heterocycles. The first-order valence-corrected chi connectivity index (χ1v) is 8.90. The number of nitrogens with zero attached hydrogens (tertiary/aromatic N) is 2. The van der Waals surface area contributed by atoms with Crippen LogP contribution in [0.3, 0.4) is 0 Å². The fourth-order valence-corrected chi connectivity index (χ4v) is 2.67. The van der Waals surface area contributed by atoms with Gasteiger partial charge in [-0.05, 0) is 30.6 Å². The third-order valence-corrected chi connectivity index (χ3v) is 4.11. The number of thioether (sulfide) groups is 1. The first kappa shape index (κ1) is 16.4. The van der Waals surface area contributed by atoms with Crippen LogP contribution in [-0.4, -0.2) is 40.1 Å². The summed E-state index contributed by atoms with van der Waals surface area (Å²) in [4.78, 5) is 24.5. The molecule has 0 saturated heterocycles. The second-order valence-corrected chi connectivity index (χ2v) is 6.23. The van der Waals surface area contributed by atoms with Crippen LogP contribution in [0.2, 0.25) is 0 Å². The largest absolute Gasteiger partial charge is 0.340 e. The number of amides is 2. The molecule has 22 heavy (non-hydrogen) atoms. The van der Waals surface area contributed by atoms with Crippen LogP contribution in [0.5, 0.6) is 0 Å². The van der Waals surface area contributed by atoms with Gasteiger partial charge >= 0.3 is 0 Å². The van der Waals surface area contributed by atoms with E-state index in [4.69, 9.17) is 0 Å². The van der Waals surface area contributed by atoms with Gasteiger partial charge in [-0.2, -0.15) is 11.8 Å². The van der Waals surface area contributed by atoms with Gasteiger partial charge in [-0.3, -0.25) is 14.9 Å². The number of nitrogens with one attached hydrogen (secondary N) is 2. The Balaban J connectivity index is 2.02. The topological polar surface area (TPSA) is 84.0 Å². The Bertz CT molecular complexity index is 605. The van der Waals surface area contributed by atoms with Crippen molar-refractivity contribution in [1.82, 2.24) is 15.5 Å². The molecule has 2 aromatic rings. The fraction of sp³-hybridized carbons (Fsp3) is 0.286. The van der Waals surface area contributed by atoms with Gasteiger partial charge in [0, 0.05) is 5.56 Å². The number of hydrogen-bond donors (Lipinski definition) is 2. The summed E-state index contributed by atoms with van der Waals surface area (Å²) in [6.07, 6.45) is 2.50. The highest BCUT2D eigenvalue weighted by atomic mass is 32.2. The molecule has 0 saturated carbocycles. The predicted molar refractivity (Wildman–Crippen MR) is 89.2 cm³/mol. The van der Waals surface area contributed by atoms with Crippen molar-refractivity contribution in [1.29, 1.82) is 0 Å². The molecule has 0 radical (unpaired) electrons. The van der Waals surface area contributed by atoms with Crippen molar-refractivity contribution >= 4 is 40.0 Å². The number of carbonyl (C=O) groups excluding carboxylic acids is 2. The van der Waals surface area contributed by atoms with Crippen LogP contribution in [0, 0.1) is 0 Å². The number of anilines is 1. The van der Waals surface area contributed by atoms with E-state index in [0.29, 0.717) is 17.1 Å². The summed E-state index contributed by atoms with van der Waals surface area (Å²) in [5.74, 6) is 0.220. The first-order chi connectivity index (χ1) is 10.7. The summed E-state index contributed by atoms with van der Waals surface area (Å²) in [5.41, 5.74) is 2.06. The molecule has 2 rings (SSSR count). The lowest BCUT2D eigenvalue weighted by Gasteiger charge is -2.17. The summed E-state index contributed by atoms with van der Waals surface area (Å²) in [5, 5.41) is 13.3. The van der Waals surface area contributed by atoms with E-state index < -0.39 is 6.04 Å². The van der Waals surface area contributed by atoms with Crippen molar-refractivity contribution in [3.8, 4) is 0 Å². The molecule has 1 heterocycles. The van der Waals surface area contributed by atoms with Crippen molar-refractivity contribution in [2.24, 2.45) is 0 Å². The summed E-state index contributed by atoms with van der Waals surface area (Å²) < 4.78 is 0. The molecule has 116 valence electrons. The van der Waals surface area contributed by atoms with E-state index in [9.17, 15) is 9.59 Å². The third kappa shape index (κ3) is 4.81. The van der Waals surface area contributed by atoms with Gasteiger partial charge in [0.2, 0.25) is 11.0 Å². The molecule has 2 N–H and O–H groups in total. The molecule has 2 amide bonds. The van der Waals surface area contributed by atoms with Crippen molar-refractivity contribution in [3.05, 3.63) is 41.4 Å². The van der Waals surface area contributed by atoms with E-state index in [1.807, 2.05) is 12.3 Å². The SMILES string of the molecule is CSCCC(NC(=O)c1ccccc1)C(=O)Nc1nncs1. The maximum atomic E-state index is 12.3. The number of benzene rings is 1. The van der Waals surface area contributed by atoms with Crippen LogP contribution < -0.4 is 10.6 Å². The van der Waals surface area contributed by atoms with Crippen LogP contribution in [-0.2, 0) is 4.79 Å². The molecular formula is C14H16N4O2S2. The molecule has 6 nitrogen and oxygen atoms in total. The molecule has 1 unspecified atom stereocenters. The zero-order chi connectivity index (χ0) is 15.8. The Morgan fingerprint density at radius 2 is 2.09 bits per heavy atom. The van der Waals surface area contributed by atoms with Gasteiger partial charge in [0.25, 0.3) is 5.91 Å². The van der Waals surface area contributed by atoms with E-state index in [0.717, 1.165) is 5.75 Å². The van der Waals surface area contributed by atoms with Crippen LogP contribution in [0.25, 0.3) is 0 Å². The quantitative estimate of drug-likeness (QED) is 0.808. The Hall–Kier alpha value is -1.93. The van der Waals surface area contributed by atoms with Gasteiger partial charge in [-0.15, -0.1) is 10.2 Å². The average molecular weight is 336 g/mol. The maximum absolute atomic E-state index is 12.3. The lowest BCUT2D eigenvalue weighted by Crippen LogP contribution is -2.44. The van der Waals surface area contributed by atoms with E-state index in [1.165, 1.54) is 16.8 Å². The van der Waals surface area contributed by atoms with Gasteiger partial charge in [-0.1, -0.05) is 29.5 Å². The van der Waals surface area contributed by atoms with Gasteiger partial charge in [0.15, 0.2) is 0 Å². The van der Waals surface area contributed by atoms with Crippen LogP contribution >= 0.6 is 23.1 Å². The minimum absolute atomic E-state index is 0.265. The molecule has 1 aromatic carbocycles. The van der Waals surface area contributed by atoms with E-state index >= 15 is 0 Å². The predicted octanol–water partition coefficient (Wildman–Crippen LogP) is 2.03. The van der Waals surface area contributed by atoms with E-state index in [2.05, 4.69) is 20.8 Å². The van der Waals surface area contributed by atoms with Gasteiger partial charge in [-0.25, -0.2) is 0 Å². The molecule has 0 bridgehead atoms. The molecule has 0 aliphatic rings. The van der Waals surface area contributed by atoms with Crippen molar-refractivity contribution < 1.29 is 9.59 Å². The molecule has 1 aromatic heterocycles. The normalized spacial score (nSPS) is 11.7. The monoisotopic (exact) mass is 336 g/mol. The summed E-state index contributed by atoms with van der Waals surface area (Å²) in [6, 6.07) is 8.22. The first-order valence-electron chi connectivity index (χ1n) is 6.62. The van der Waals surface area contributed by atoms with Crippen LogP contribution in [0.1, 0.15) is 16.8 Å². The minimum Gasteiger partial charge on any atom is -0.340 e. The smallest absolute Gasteiger partial charge is 0.251 e. The molecule has 0 spiro atoms. The van der Waals surface area contributed by atoms with Crippen molar-refractivity contribution in [2.45, 2.75) is 12.5 Å². The van der Waals surface area contributed by atoms with Crippen LogP contribution in [0.4, 0.5) is 5.13 Å². The fourth-order valence-electron chi connectivity index (χ4n) is 1.76.